The van der Waals surface area contributed by atoms with Gasteiger partial charge in [-0.05, 0) is 49.6 Å². The molecule has 3 aromatic rings. The predicted molar refractivity (Wildman–Crippen MR) is 136 cm³/mol. The van der Waals surface area contributed by atoms with Crippen LogP contribution in [-0.2, 0) is 0 Å². The Hall–Kier alpha value is -4.18. The molecule has 1 amide bonds. The van der Waals surface area contributed by atoms with Crippen molar-refractivity contribution in [1.29, 1.82) is 0 Å². The van der Waals surface area contributed by atoms with Gasteiger partial charge in [-0.15, -0.1) is 0 Å². The first kappa shape index (κ1) is 24.0. The summed E-state index contributed by atoms with van der Waals surface area (Å²) in [6, 6.07) is 5.36. The summed E-state index contributed by atoms with van der Waals surface area (Å²) in [5.41, 5.74) is 14.6. The Morgan fingerprint density at radius 1 is 1.23 bits per heavy atom. The summed E-state index contributed by atoms with van der Waals surface area (Å²) >= 11 is 0. The zero-order valence-electron chi connectivity index (χ0n) is 19.4. The van der Waals surface area contributed by atoms with Gasteiger partial charge in [-0.25, -0.2) is 19.3 Å². The normalized spacial score (nSPS) is 15.2. The molecule has 4 rings (SSSR count). The minimum Gasteiger partial charge on any atom is -0.382 e. The minimum absolute atomic E-state index is 0.0411. The average Bonchev–Trinajstić information content (AvgIpc) is 2.85. The van der Waals surface area contributed by atoms with E-state index in [0.29, 0.717) is 34.7 Å². The van der Waals surface area contributed by atoms with Gasteiger partial charge in [0.05, 0.1) is 23.9 Å². The van der Waals surface area contributed by atoms with Gasteiger partial charge in [-0.2, -0.15) is 0 Å². The summed E-state index contributed by atoms with van der Waals surface area (Å²) in [7, 11) is 0. The van der Waals surface area contributed by atoms with Crippen molar-refractivity contribution in [2.45, 2.75) is 25.3 Å². The summed E-state index contributed by atoms with van der Waals surface area (Å²) in [5, 5.41) is 2.82. The van der Waals surface area contributed by atoms with Crippen LogP contribution in [0.4, 0.5) is 21.7 Å². The molecule has 35 heavy (non-hydrogen) atoms. The number of nitrogens with zero attached hydrogens (tertiary/aromatic N) is 5. The van der Waals surface area contributed by atoms with E-state index in [1.807, 2.05) is 19.1 Å². The van der Waals surface area contributed by atoms with Crippen LogP contribution in [0.2, 0.25) is 0 Å². The number of nitrogens with one attached hydrogen (secondary N) is 1. The largest absolute Gasteiger partial charge is 0.382 e. The molecule has 4 heterocycles. The number of nitrogens with two attached hydrogens (primary N) is 2. The van der Waals surface area contributed by atoms with Gasteiger partial charge in [0.15, 0.2) is 17.3 Å². The zero-order valence-corrected chi connectivity index (χ0v) is 19.4. The van der Waals surface area contributed by atoms with Crippen molar-refractivity contribution in [3.8, 4) is 11.4 Å². The molecule has 5 N–H and O–H groups in total. The molecule has 9 nitrogen and oxygen atoms in total. The number of piperidine rings is 1. The standard InChI is InChI=1S/C25H27FN8O/c1-3-17-16(6-10-26)7-12-29-20(17)18-15-31-22(27)21(32-18)24(35)33-23-19(5-4-11-30-23)34-13-8-25(2,28)9-14-34/h3-7,10-12,15H,1,8-9,13-14,28H2,2H3,(H2,27,31)(H,30,33,35)/b10-6-. The van der Waals surface area contributed by atoms with Gasteiger partial charge in [-0.1, -0.05) is 12.7 Å². The zero-order chi connectivity index (χ0) is 25.0. The number of aromatic nitrogens is 4. The molecule has 1 fully saturated rings. The van der Waals surface area contributed by atoms with Gasteiger partial charge in [0.2, 0.25) is 0 Å². The lowest BCUT2D eigenvalue weighted by Crippen LogP contribution is -2.48. The summed E-state index contributed by atoms with van der Waals surface area (Å²) in [4.78, 5) is 32.6. The van der Waals surface area contributed by atoms with Crippen LogP contribution in [0.1, 0.15) is 41.4 Å². The monoisotopic (exact) mass is 474 g/mol. The third kappa shape index (κ3) is 5.17. The molecular formula is C25H27FN8O. The fraction of sp³-hybridized carbons (Fsp3) is 0.240. The van der Waals surface area contributed by atoms with Crippen molar-refractivity contribution in [3.63, 3.8) is 0 Å². The highest BCUT2D eigenvalue weighted by atomic mass is 19.1. The van der Waals surface area contributed by atoms with Gasteiger partial charge in [-0.3, -0.25) is 9.78 Å². The lowest BCUT2D eigenvalue weighted by atomic mass is 9.91. The van der Waals surface area contributed by atoms with Crippen molar-refractivity contribution < 1.29 is 9.18 Å². The first-order chi connectivity index (χ1) is 16.8. The van der Waals surface area contributed by atoms with Crippen molar-refractivity contribution in [2.75, 3.05) is 29.0 Å². The molecule has 3 aromatic heterocycles. The summed E-state index contributed by atoms with van der Waals surface area (Å²) < 4.78 is 12.8. The first-order valence-electron chi connectivity index (χ1n) is 11.1. The second-order valence-electron chi connectivity index (χ2n) is 8.61. The summed E-state index contributed by atoms with van der Waals surface area (Å²) in [5.74, 6) is -0.206. The molecule has 180 valence electrons. The highest BCUT2D eigenvalue weighted by Gasteiger charge is 2.28. The smallest absolute Gasteiger partial charge is 0.279 e. The molecule has 0 radical (unpaired) electrons. The lowest BCUT2D eigenvalue weighted by Gasteiger charge is -2.38. The third-order valence-corrected chi connectivity index (χ3v) is 5.99. The maximum absolute atomic E-state index is 13.2. The van der Waals surface area contributed by atoms with E-state index in [1.165, 1.54) is 18.5 Å². The van der Waals surface area contributed by atoms with Gasteiger partial charge >= 0.3 is 0 Å². The number of halogens is 1. The Morgan fingerprint density at radius 2 is 2.00 bits per heavy atom. The van der Waals surface area contributed by atoms with E-state index in [-0.39, 0.29) is 17.1 Å². The number of carbonyl (C=O) groups excluding carboxylic acids is 1. The van der Waals surface area contributed by atoms with Gasteiger partial charge in [0, 0.05) is 36.6 Å². The van der Waals surface area contributed by atoms with Crippen LogP contribution in [-0.4, -0.2) is 44.5 Å². The van der Waals surface area contributed by atoms with Crippen LogP contribution in [0.3, 0.4) is 0 Å². The van der Waals surface area contributed by atoms with Crippen LogP contribution in [0, 0.1) is 0 Å². The molecule has 0 saturated carbocycles. The van der Waals surface area contributed by atoms with Gasteiger partial charge in [0.25, 0.3) is 5.91 Å². The fourth-order valence-electron chi connectivity index (χ4n) is 3.97. The topological polar surface area (TPSA) is 136 Å². The van der Waals surface area contributed by atoms with Crippen LogP contribution >= 0.6 is 0 Å². The summed E-state index contributed by atoms with van der Waals surface area (Å²) in [6.07, 6.45) is 9.44. The first-order valence-corrected chi connectivity index (χ1v) is 11.1. The third-order valence-electron chi connectivity index (χ3n) is 5.99. The van der Waals surface area contributed by atoms with E-state index in [9.17, 15) is 9.18 Å². The summed E-state index contributed by atoms with van der Waals surface area (Å²) in [6.45, 7) is 7.32. The van der Waals surface area contributed by atoms with Gasteiger partial charge < -0.3 is 21.7 Å². The number of amides is 1. The molecular weight excluding hydrogens is 447 g/mol. The highest BCUT2D eigenvalue weighted by Crippen LogP contribution is 2.30. The molecule has 10 heteroatoms. The highest BCUT2D eigenvalue weighted by molar-refractivity contribution is 6.06. The Morgan fingerprint density at radius 3 is 2.71 bits per heavy atom. The Bertz CT molecular complexity index is 1280. The van der Waals surface area contributed by atoms with E-state index >= 15 is 0 Å². The maximum atomic E-state index is 13.2. The molecule has 0 aliphatic carbocycles. The Labute approximate surface area is 202 Å². The van der Waals surface area contributed by atoms with Gasteiger partial charge in [0.1, 0.15) is 5.69 Å². The Kier molecular flexibility index (Phi) is 6.83. The van der Waals surface area contributed by atoms with Crippen LogP contribution < -0.4 is 21.7 Å². The van der Waals surface area contributed by atoms with E-state index in [0.717, 1.165) is 31.6 Å². The molecule has 0 atom stereocenters. The minimum atomic E-state index is -0.558. The molecule has 0 spiro atoms. The van der Waals surface area contributed by atoms with Crippen molar-refractivity contribution >= 4 is 35.4 Å². The molecule has 1 saturated heterocycles. The van der Waals surface area contributed by atoms with Crippen LogP contribution in [0.25, 0.3) is 23.5 Å². The van der Waals surface area contributed by atoms with E-state index in [4.69, 9.17) is 11.5 Å². The molecule has 0 bridgehead atoms. The average molecular weight is 475 g/mol. The number of pyridine rings is 2. The number of carbonyl (C=O) groups is 1. The Balaban J connectivity index is 1.64. The number of nitrogen functional groups attached to an aromatic ring is 1. The van der Waals surface area contributed by atoms with Crippen LogP contribution in [0.5, 0.6) is 0 Å². The van der Waals surface area contributed by atoms with Crippen molar-refractivity contribution in [2.24, 2.45) is 5.73 Å². The second-order valence-corrected chi connectivity index (χ2v) is 8.61. The lowest BCUT2D eigenvalue weighted by molar-refractivity contribution is 0.102. The maximum Gasteiger partial charge on any atom is 0.279 e. The second kappa shape index (κ2) is 9.98. The molecule has 0 unspecified atom stereocenters. The molecule has 0 aromatic carbocycles. The number of hydrogen-bond donors (Lipinski definition) is 3. The SMILES string of the molecule is C=Cc1c(/C=C\F)ccnc1-c1cnc(N)c(C(=O)Nc2ncccc2N2CCC(C)(N)CC2)n1. The molecule has 1 aliphatic rings. The molecule has 1 aliphatic heterocycles. The van der Waals surface area contributed by atoms with E-state index < -0.39 is 5.91 Å². The van der Waals surface area contributed by atoms with Crippen molar-refractivity contribution in [1.82, 2.24) is 19.9 Å². The fourth-order valence-corrected chi connectivity index (χ4v) is 3.97. The predicted octanol–water partition coefficient (Wildman–Crippen LogP) is 3.67. The number of rotatable bonds is 6. The number of hydrogen-bond acceptors (Lipinski definition) is 8. The number of anilines is 3. The van der Waals surface area contributed by atoms with Crippen molar-refractivity contribution in [3.05, 3.63) is 66.5 Å². The van der Waals surface area contributed by atoms with E-state index in [1.54, 1.807) is 18.3 Å². The quantitative estimate of drug-likeness (QED) is 0.492. The van der Waals surface area contributed by atoms with Crippen LogP contribution in [0.15, 0.2) is 49.7 Å². The van der Waals surface area contributed by atoms with E-state index in [2.05, 4.69) is 36.7 Å².